The van der Waals surface area contributed by atoms with Gasteiger partial charge in [0.1, 0.15) is 0 Å². The van der Waals surface area contributed by atoms with Gasteiger partial charge in [-0.05, 0) is 38.7 Å². The molecule has 0 aliphatic heterocycles. The molecule has 4 nitrogen and oxygen atoms in total. The second-order valence-electron chi connectivity index (χ2n) is 5.66. The van der Waals surface area contributed by atoms with Crippen LogP contribution in [0.2, 0.25) is 5.02 Å². The summed E-state index contributed by atoms with van der Waals surface area (Å²) in [4.78, 5) is 12.1. The van der Waals surface area contributed by atoms with Gasteiger partial charge in [-0.1, -0.05) is 11.6 Å². The highest BCUT2D eigenvalue weighted by Gasteiger charge is 2.19. The lowest BCUT2D eigenvalue weighted by Crippen LogP contribution is -2.07. The van der Waals surface area contributed by atoms with Crippen LogP contribution >= 0.6 is 11.6 Å². The molecule has 0 fully saturated rings. The van der Waals surface area contributed by atoms with Gasteiger partial charge in [0, 0.05) is 30.9 Å². The van der Waals surface area contributed by atoms with Crippen molar-refractivity contribution in [1.29, 1.82) is 0 Å². The molecule has 3 rings (SSSR count). The maximum atomic E-state index is 12.1. The number of aromatic nitrogens is 3. The van der Waals surface area contributed by atoms with Crippen LogP contribution in [0.3, 0.4) is 0 Å². The Morgan fingerprint density at radius 1 is 1.29 bits per heavy atom. The van der Waals surface area contributed by atoms with Crippen LogP contribution in [0.15, 0.2) is 12.4 Å². The number of ketones is 1. The summed E-state index contributed by atoms with van der Waals surface area (Å²) < 4.78 is 4.01. The van der Waals surface area contributed by atoms with E-state index in [9.17, 15) is 4.79 Å². The highest BCUT2D eigenvalue weighted by atomic mass is 35.5. The largest absolute Gasteiger partial charge is 0.347 e. The van der Waals surface area contributed by atoms with E-state index in [-0.39, 0.29) is 5.78 Å². The summed E-state index contributed by atoms with van der Waals surface area (Å²) in [5, 5.41) is 5.17. The Kier molecular flexibility index (Phi) is 3.89. The Morgan fingerprint density at radius 2 is 2.05 bits per heavy atom. The summed E-state index contributed by atoms with van der Waals surface area (Å²) in [7, 11) is 0. The van der Waals surface area contributed by atoms with E-state index in [2.05, 4.69) is 22.8 Å². The van der Waals surface area contributed by atoms with Gasteiger partial charge in [0.05, 0.1) is 23.0 Å². The maximum Gasteiger partial charge on any atom is 0.164 e. The van der Waals surface area contributed by atoms with Crippen molar-refractivity contribution in [3.05, 3.63) is 39.9 Å². The summed E-state index contributed by atoms with van der Waals surface area (Å²) in [6.07, 6.45) is 7.83. The van der Waals surface area contributed by atoms with Gasteiger partial charge >= 0.3 is 0 Å². The van der Waals surface area contributed by atoms with Gasteiger partial charge in [-0.3, -0.25) is 9.48 Å². The SMILES string of the molecule is CCn1nc(C)c(Cl)c1Cn1cc2c(c1)C(=O)CCCC2. The Bertz CT molecular complexity index is 684. The van der Waals surface area contributed by atoms with E-state index >= 15 is 0 Å². The van der Waals surface area contributed by atoms with Crippen molar-refractivity contribution in [2.45, 2.75) is 52.6 Å². The fraction of sp³-hybridized carbons (Fsp3) is 0.500. The number of hydrogen-bond acceptors (Lipinski definition) is 2. The lowest BCUT2D eigenvalue weighted by Gasteiger charge is -2.06. The van der Waals surface area contributed by atoms with Crippen LogP contribution in [-0.4, -0.2) is 20.1 Å². The number of Topliss-reactive ketones (excluding diaryl/α,β-unsaturated/α-hetero) is 1. The number of hydrogen-bond donors (Lipinski definition) is 0. The summed E-state index contributed by atoms with van der Waals surface area (Å²) in [6, 6.07) is 0. The first-order valence-corrected chi connectivity index (χ1v) is 7.91. The van der Waals surface area contributed by atoms with E-state index < -0.39 is 0 Å². The average molecular weight is 306 g/mol. The number of fused-ring (bicyclic) bond motifs is 1. The molecule has 1 aliphatic carbocycles. The molecule has 0 spiro atoms. The molecule has 2 heterocycles. The van der Waals surface area contributed by atoms with Crippen molar-refractivity contribution in [3.8, 4) is 0 Å². The molecule has 0 amide bonds. The van der Waals surface area contributed by atoms with Crippen molar-refractivity contribution in [1.82, 2.24) is 14.3 Å². The van der Waals surface area contributed by atoms with Crippen LogP contribution in [0.25, 0.3) is 0 Å². The molecule has 0 radical (unpaired) electrons. The molecule has 0 unspecified atom stereocenters. The average Bonchev–Trinajstić information content (AvgIpc) is 2.94. The number of rotatable bonds is 3. The lowest BCUT2D eigenvalue weighted by molar-refractivity contribution is 0.0982. The Labute approximate surface area is 129 Å². The fourth-order valence-corrected chi connectivity index (χ4v) is 3.22. The molecule has 0 N–H and O–H groups in total. The normalized spacial score (nSPS) is 15.1. The van der Waals surface area contributed by atoms with E-state index in [1.165, 1.54) is 5.56 Å². The quantitative estimate of drug-likeness (QED) is 0.812. The number of carbonyl (C=O) groups is 1. The molecular formula is C16H20ClN3O. The van der Waals surface area contributed by atoms with Gasteiger partial charge in [0.2, 0.25) is 0 Å². The predicted molar refractivity (Wildman–Crippen MR) is 83.1 cm³/mol. The van der Waals surface area contributed by atoms with Crippen LogP contribution in [0.5, 0.6) is 0 Å². The Morgan fingerprint density at radius 3 is 2.81 bits per heavy atom. The highest BCUT2D eigenvalue weighted by molar-refractivity contribution is 6.31. The van der Waals surface area contributed by atoms with Crippen molar-refractivity contribution in [3.63, 3.8) is 0 Å². The van der Waals surface area contributed by atoms with Crippen LogP contribution in [-0.2, 0) is 19.5 Å². The second kappa shape index (κ2) is 5.68. The molecule has 2 aromatic rings. The van der Waals surface area contributed by atoms with Gasteiger partial charge < -0.3 is 4.57 Å². The van der Waals surface area contributed by atoms with Gasteiger partial charge in [0.25, 0.3) is 0 Å². The molecule has 0 saturated heterocycles. The third kappa shape index (κ3) is 2.64. The standard InChI is InChI=1S/C16H20ClN3O/c1-3-20-14(16(17)11(2)18-20)10-19-8-12-6-4-5-7-15(21)13(12)9-19/h8-9H,3-7,10H2,1-2H3. The van der Waals surface area contributed by atoms with E-state index in [1.807, 2.05) is 17.8 Å². The zero-order chi connectivity index (χ0) is 15.0. The third-order valence-corrected chi connectivity index (χ3v) is 4.64. The van der Waals surface area contributed by atoms with Crippen molar-refractivity contribution >= 4 is 17.4 Å². The molecule has 21 heavy (non-hydrogen) atoms. The Balaban J connectivity index is 1.93. The zero-order valence-corrected chi connectivity index (χ0v) is 13.3. The molecule has 2 aromatic heterocycles. The molecule has 0 bridgehead atoms. The van der Waals surface area contributed by atoms with E-state index in [0.29, 0.717) is 13.0 Å². The first-order valence-electron chi connectivity index (χ1n) is 7.53. The topological polar surface area (TPSA) is 39.8 Å². The predicted octanol–water partition coefficient (Wildman–Crippen LogP) is 3.62. The zero-order valence-electron chi connectivity index (χ0n) is 12.5. The first-order chi connectivity index (χ1) is 10.1. The van der Waals surface area contributed by atoms with Crippen LogP contribution < -0.4 is 0 Å². The molecule has 0 aromatic carbocycles. The van der Waals surface area contributed by atoms with E-state index in [4.69, 9.17) is 11.6 Å². The van der Waals surface area contributed by atoms with Gasteiger partial charge in [-0.15, -0.1) is 0 Å². The lowest BCUT2D eigenvalue weighted by atomic mass is 10.1. The highest BCUT2D eigenvalue weighted by Crippen LogP contribution is 2.25. The van der Waals surface area contributed by atoms with Crippen LogP contribution in [0.1, 0.15) is 53.5 Å². The van der Waals surface area contributed by atoms with Crippen molar-refractivity contribution < 1.29 is 4.79 Å². The third-order valence-electron chi connectivity index (χ3n) is 4.15. The van der Waals surface area contributed by atoms with E-state index in [0.717, 1.165) is 47.8 Å². The minimum absolute atomic E-state index is 0.271. The van der Waals surface area contributed by atoms with Gasteiger partial charge in [0.15, 0.2) is 5.78 Å². The summed E-state index contributed by atoms with van der Waals surface area (Å²) >= 11 is 6.36. The molecule has 0 saturated carbocycles. The van der Waals surface area contributed by atoms with E-state index in [1.54, 1.807) is 0 Å². The monoisotopic (exact) mass is 305 g/mol. The number of carbonyl (C=O) groups excluding carboxylic acids is 1. The summed E-state index contributed by atoms with van der Waals surface area (Å²) in [5.41, 5.74) is 3.93. The number of halogens is 1. The number of aryl methyl sites for hydroxylation is 3. The fourth-order valence-electron chi connectivity index (χ4n) is 3.03. The molecule has 1 aliphatic rings. The van der Waals surface area contributed by atoms with Crippen LogP contribution in [0, 0.1) is 6.92 Å². The molecule has 112 valence electrons. The minimum Gasteiger partial charge on any atom is -0.347 e. The number of nitrogens with zero attached hydrogens (tertiary/aromatic N) is 3. The minimum atomic E-state index is 0.271. The smallest absolute Gasteiger partial charge is 0.164 e. The van der Waals surface area contributed by atoms with Crippen molar-refractivity contribution in [2.75, 3.05) is 0 Å². The van der Waals surface area contributed by atoms with Gasteiger partial charge in [-0.25, -0.2) is 0 Å². The first kappa shape index (κ1) is 14.4. The van der Waals surface area contributed by atoms with Gasteiger partial charge in [-0.2, -0.15) is 5.10 Å². The summed E-state index contributed by atoms with van der Waals surface area (Å²) in [6.45, 7) is 5.43. The maximum absolute atomic E-state index is 12.1. The van der Waals surface area contributed by atoms with Crippen molar-refractivity contribution in [2.24, 2.45) is 0 Å². The molecular weight excluding hydrogens is 286 g/mol. The second-order valence-corrected chi connectivity index (χ2v) is 6.04. The molecule has 5 heteroatoms. The van der Waals surface area contributed by atoms with Crippen LogP contribution in [0.4, 0.5) is 0 Å². The summed E-state index contributed by atoms with van der Waals surface area (Å²) in [5.74, 6) is 0.271. The molecule has 0 atom stereocenters. The Hall–Kier alpha value is -1.55.